The molecule has 6 heteroatoms. The van der Waals surface area contributed by atoms with Crippen molar-refractivity contribution in [2.75, 3.05) is 0 Å². The summed E-state index contributed by atoms with van der Waals surface area (Å²) < 4.78 is 7.44. The lowest BCUT2D eigenvalue weighted by atomic mass is 10.3. The molecule has 0 amide bonds. The number of rotatable bonds is 3. The molecule has 0 unspecified atom stereocenters. The third-order valence-corrected chi connectivity index (χ3v) is 3.92. The van der Waals surface area contributed by atoms with Crippen LogP contribution in [0.25, 0.3) is 0 Å². The summed E-state index contributed by atoms with van der Waals surface area (Å²) in [6.45, 7) is 0. The van der Waals surface area contributed by atoms with Gasteiger partial charge in [0.25, 0.3) is 5.69 Å². The van der Waals surface area contributed by atoms with Crippen molar-refractivity contribution in [1.82, 2.24) is 0 Å². The zero-order chi connectivity index (χ0) is 13.1. The molecule has 2 aromatic carbocycles. The van der Waals surface area contributed by atoms with Crippen LogP contribution in [0.5, 0.6) is 11.5 Å². The maximum atomic E-state index is 10.6. The Morgan fingerprint density at radius 2 is 1.67 bits per heavy atom. The van der Waals surface area contributed by atoms with Gasteiger partial charge in [-0.3, -0.25) is 10.1 Å². The fourth-order valence-electron chi connectivity index (χ4n) is 1.33. The van der Waals surface area contributed by atoms with Crippen LogP contribution >= 0.6 is 45.2 Å². The normalized spacial score (nSPS) is 10.1. The Balaban J connectivity index is 2.30. The maximum absolute atomic E-state index is 10.6. The summed E-state index contributed by atoms with van der Waals surface area (Å²) in [5.41, 5.74) is 0.0644. The highest BCUT2D eigenvalue weighted by atomic mass is 127. The van der Waals surface area contributed by atoms with E-state index in [9.17, 15) is 10.1 Å². The average molecular weight is 467 g/mol. The van der Waals surface area contributed by atoms with Crippen LogP contribution in [0, 0.1) is 17.3 Å². The van der Waals surface area contributed by atoms with Crippen molar-refractivity contribution in [2.24, 2.45) is 0 Å². The Morgan fingerprint density at radius 3 is 2.28 bits per heavy atom. The van der Waals surface area contributed by atoms with Crippen LogP contribution < -0.4 is 4.74 Å². The molecule has 0 aromatic heterocycles. The van der Waals surface area contributed by atoms with Crippen LogP contribution in [0.4, 0.5) is 5.69 Å². The van der Waals surface area contributed by atoms with Gasteiger partial charge in [0.15, 0.2) is 0 Å². The van der Waals surface area contributed by atoms with Gasteiger partial charge in [0.05, 0.1) is 12.1 Å². The van der Waals surface area contributed by atoms with Crippen molar-refractivity contribution in [3.05, 3.63) is 59.7 Å². The molecule has 0 radical (unpaired) electrons. The van der Waals surface area contributed by atoms with Crippen LogP contribution in [0.1, 0.15) is 0 Å². The number of hydrogen-bond acceptors (Lipinski definition) is 3. The molecule has 0 aliphatic carbocycles. The molecule has 0 aliphatic heterocycles. The Kier molecular flexibility index (Phi) is 4.38. The molecule has 0 fully saturated rings. The second-order valence-corrected chi connectivity index (χ2v) is 5.73. The maximum Gasteiger partial charge on any atom is 0.270 e. The van der Waals surface area contributed by atoms with Gasteiger partial charge in [0.2, 0.25) is 0 Å². The summed E-state index contributed by atoms with van der Waals surface area (Å²) in [5.74, 6) is 1.36. The lowest BCUT2D eigenvalue weighted by molar-refractivity contribution is -0.385. The first-order chi connectivity index (χ1) is 8.58. The van der Waals surface area contributed by atoms with Crippen molar-refractivity contribution >= 4 is 50.9 Å². The van der Waals surface area contributed by atoms with E-state index in [0.717, 1.165) is 9.32 Å². The van der Waals surface area contributed by atoms with Crippen molar-refractivity contribution in [2.45, 2.75) is 0 Å². The Hall–Kier alpha value is -0.900. The predicted molar refractivity (Wildman–Crippen MR) is 85.0 cm³/mol. The summed E-state index contributed by atoms with van der Waals surface area (Å²) in [4.78, 5) is 10.2. The van der Waals surface area contributed by atoms with Gasteiger partial charge < -0.3 is 4.74 Å². The number of nitro groups is 1. The zero-order valence-corrected chi connectivity index (χ0v) is 13.3. The van der Waals surface area contributed by atoms with E-state index < -0.39 is 4.92 Å². The molecule has 0 bridgehead atoms. The van der Waals surface area contributed by atoms with Crippen LogP contribution in [-0.2, 0) is 0 Å². The Morgan fingerprint density at radius 1 is 1.00 bits per heavy atom. The first kappa shape index (κ1) is 13.5. The number of para-hydroxylation sites is 1. The molecule has 2 rings (SSSR count). The molecule has 0 spiro atoms. The number of halogens is 2. The van der Waals surface area contributed by atoms with E-state index in [2.05, 4.69) is 22.6 Å². The van der Waals surface area contributed by atoms with Gasteiger partial charge in [-0.2, -0.15) is 0 Å². The zero-order valence-electron chi connectivity index (χ0n) is 8.97. The quantitative estimate of drug-likeness (QED) is 0.377. The molecule has 0 saturated heterocycles. The average Bonchev–Trinajstić information content (AvgIpc) is 2.34. The minimum Gasteiger partial charge on any atom is -0.455 e. The lowest BCUT2D eigenvalue weighted by Gasteiger charge is -2.08. The van der Waals surface area contributed by atoms with E-state index in [-0.39, 0.29) is 5.69 Å². The van der Waals surface area contributed by atoms with E-state index >= 15 is 0 Å². The van der Waals surface area contributed by atoms with E-state index in [0.29, 0.717) is 9.32 Å². The van der Waals surface area contributed by atoms with Crippen LogP contribution in [-0.4, -0.2) is 4.92 Å². The van der Waals surface area contributed by atoms with Gasteiger partial charge in [-0.1, -0.05) is 12.1 Å². The molecular weight excluding hydrogens is 460 g/mol. The highest BCUT2D eigenvalue weighted by Crippen LogP contribution is 2.31. The molecule has 0 atom stereocenters. The lowest BCUT2D eigenvalue weighted by Crippen LogP contribution is -1.92. The minimum absolute atomic E-state index is 0.0644. The van der Waals surface area contributed by atoms with E-state index in [1.54, 1.807) is 6.07 Å². The standard InChI is InChI=1S/C12H7I2NO3/c13-9-3-1-2-4-11(9)18-12-6-5-8(15(16)17)7-10(12)14/h1-7H. The molecule has 92 valence electrons. The van der Waals surface area contributed by atoms with Gasteiger partial charge in [0, 0.05) is 12.1 Å². The van der Waals surface area contributed by atoms with E-state index in [1.165, 1.54) is 12.1 Å². The third kappa shape index (κ3) is 3.10. The first-order valence-corrected chi connectivity index (χ1v) is 7.10. The highest BCUT2D eigenvalue weighted by Gasteiger charge is 2.11. The SMILES string of the molecule is O=[N+]([O-])c1ccc(Oc2ccccc2I)c(I)c1. The molecule has 0 heterocycles. The minimum atomic E-state index is -0.418. The van der Waals surface area contributed by atoms with Crippen molar-refractivity contribution in [3.8, 4) is 11.5 Å². The fraction of sp³-hybridized carbons (Fsp3) is 0. The third-order valence-electron chi connectivity index (χ3n) is 2.18. The number of non-ortho nitro benzene ring substituents is 1. The van der Waals surface area contributed by atoms with Gasteiger partial charge >= 0.3 is 0 Å². The highest BCUT2D eigenvalue weighted by molar-refractivity contribution is 14.1. The number of nitro benzene ring substituents is 1. The van der Waals surface area contributed by atoms with Gasteiger partial charge in [-0.05, 0) is 63.4 Å². The van der Waals surface area contributed by atoms with E-state index in [4.69, 9.17) is 4.74 Å². The largest absolute Gasteiger partial charge is 0.455 e. The number of benzene rings is 2. The smallest absolute Gasteiger partial charge is 0.270 e. The number of ether oxygens (including phenoxy) is 1. The molecular formula is C12H7I2NO3. The second-order valence-electron chi connectivity index (χ2n) is 3.40. The first-order valence-electron chi connectivity index (χ1n) is 4.94. The second kappa shape index (κ2) is 5.83. The predicted octanol–water partition coefficient (Wildman–Crippen LogP) is 4.60. The van der Waals surface area contributed by atoms with Crippen molar-refractivity contribution < 1.29 is 9.66 Å². The Bertz CT molecular complexity index is 602. The fourth-order valence-corrected chi connectivity index (χ4v) is 2.44. The van der Waals surface area contributed by atoms with Crippen molar-refractivity contribution in [1.29, 1.82) is 0 Å². The molecule has 0 saturated carbocycles. The van der Waals surface area contributed by atoms with Gasteiger partial charge in [0.1, 0.15) is 11.5 Å². The van der Waals surface area contributed by atoms with Crippen LogP contribution in [0.15, 0.2) is 42.5 Å². The molecule has 2 aromatic rings. The summed E-state index contributed by atoms with van der Waals surface area (Å²) in [6, 6.07) is 12.2. The topological polar surface area (TPSA) is 52.4 Å². The molecule has 4 nitrogen and oxygen atoms in total. The Labute approximate surface area is 131 Å². The van der Waals surface area contributed by atoms with E-state index in [1.807, 2.05) is 46.9 Å². The summed E-state index contributed by atoms with van der Waals surface area (Å²) in [5, 5.41) is 10.6. The summed E-state index contributed by atoms with van der Waals surface area (Å²) in [6.07, 6.45) is 0. The molecule has 0 aliphatic rings. The van der Waals surface area contributed by atoms with Crippen LogP contribution in [0.3, 0.4) is 0 Å². The van der Waals surface area contributed by atoms with Crippen LogP contribution in [0.2, 0.25) is 0 Å². The van der Waals surface area contributed by atoms with Crippen molar-refractivity contribution in [3.63, 3.8) is 0 Å². The number of hydrogen-bond donors (Lipinski definition) is 0. The number of nitrogens with zero attached hydrogens (tertiary/aromatic N) is 1. The van der Waals surface area contributed by atoms with Gasteiger partial charge in [-0.25, -0.2) is 0 Å². The monoisotopic (exact) mass is 467 g/mol. The molecule has 18 heavy (non-hydrogen) atoms. The summed E-state index contributed by atoms with van der Waals surface area (Å²) in [7, 11) is 0. The molecule has 0 N–H and O–H groups in total. The summed E-state index contributed by atoms with van der Waals surface area (Å²) >= 11 is 4.21. The van der Waals surface area contributed by atoms with Gasteiger partial charge in [-0.15, -0.1) is 0 Å².